The molecule has 2 rings (SSSR count). The predicted octanol–water partition coefficient (Wildman–Crippen LogP) is 3.29. The van der Waals surface area contributed by atoms with Crippen LogP contribution in [-0.4, -0.2) is 6.29 Å². The summed E-state index contributed by atoms with van der Waals surface area (Å²) in [7, 11) is 0. The Labute approximate surface area is 100 Å². The van der Waals surface area contributed by atoms with Gasteiger partial charge in [0.05, 0.1) is 0 Å². The van der Waals surface area contributed by atoms with Crippen molar-refractivity contribution in [3.8, 4) is 5.75 Å². The van der Waals surface area contributed by atoms with Crippen LogP contribution in [0.5, 0.6) is 5.75 Å². The van der Waals surface area contributed by atoms with Crippen molar-refractivity contribution in [1.82, 2.24) is 0 Å². The summed E-state index contributed by atoms with van der Waals surface area (Å²) in [5, 5.41) is 0. The Morgan fingerprint density at radius 1 is 1.24 bits per heavy atom. The van der Waals surface area contributed by atoms with Gasteiger partial charge in [-0.1, -0.05) is 17.7 Å². The maximum absolute atomic E-state index is 10.5. The van der Waals surface area contributed by atoms with Crippen molar-refractivity contribution in [2.45, 2.75) is 20.5 Å². The van der Waals surface area contributed by atoms with E-state index in [1.807, 2.05) is 26.0 Å². The van der Waals surface area contributed by atoms with Gasteiger partial charge in [-0.05, 0) is 37.6 Å². The van der Waals surface area contributed by atoms with Crippen molar-refractivity contribution in [3.05, 3.63) is 53.0 Å². The summed E-state index contributed by atoms with van der Waals surface area (Å²) in [4.78, 5) is 10.5. The molecular formula is C14H14O3. The van der Waals surface area contributed by atoms with Crippen LogP contribution in [0.4, 0.5) is 0 Å². The van der Waals surface area contributed by atoms with Gasteiger partial charge < -0.3 is 9.15 Å². The first-order chi connectivity index (χ1) is 8.19. The highest BCUT2D eigenvalue weighted by molar-refractivity contribution is 5.70. The lowest BCUT2D eigenvalue weighted by molar-refractivity contribution is 0.109. The maximum atomic E-state index is 10.5. The van der Waals surface area contributed by atoms with E-state index >= 15 is 0 Å². The van der Waals surface area contributed by atoms with Gasteiger partial charge in [-0.25, -0.2) is 0 Å². The van der Waals surface area contributed by atoms with E-state index in [0.717, 1.165) is 11.3 Å². The Morgan fingerprint density at radius 3 is 2.71 bits per heavy atom. The normalized spacial score (nSPS) is 10.2. The lowest BCUT2D eigenvalue weighted by Crippen LogP contribution is -1.95. The summed E-state index contributed by atoms with van der Waals surface area (Å²) >= 11 is 0. The summed E-state index contributed by atoms with van der Waals surface area (Å²) in [6, 6.07) is 9.38. The minimum atomic E-state index is 0.323. The average Bonchev–Trinajstić information content (AvgIpc) is 2.76. The molecule has 0 fully saturated rings. The molecule has 0 aliphatic carbocycles. The average molecular weight is 230 g/mol. The molecule has 0 aliphatic rings. The second-order valence-corrected chi connectivity index (χ2v) is 3.98. The largest absolute Gasteiger partial charge is 0.485 e. The number of aldehydes is 1. The standard InChI is InChI=1S/C14H14O3/c1-10-3-6-14(11(2)7-10)16-9-13-5-4-12(8-15)17-13/h3-8H,9H2,1-2H3. The molecular weight excluding hydrogens is 216 g/mol. The molecule has 3 nitrogen and oxygen atoms in total. The quantitative estimate of drug-likeness (QED) is 0.756. The van der Waals surface area contributed by atoms with Crippen LogP contribution in [-0.2, 0) is 6.61 Å². The highest BCUT2D eigenvalue weighted by Gasteiger charge is 2.04. The molecule has 0 spiro atoms. The van der Waals surface area contributed by atoms with Crippen molar-refractivity contribution in [3.63, 3.8) is 0 Å². The zero-order valence-electron chi connectivity index (χ0n) is 9.90. The molecule has 0 N–H and O–H groups in total. The van der Waals surface area contributed by atoms with Gasteiger partial charge in [0.1, 0.15) is 18.1 Å². The van der Waals surface area contributed by atoms with Crippen molar-refractivity contribution in [1.29, 1.82) is 0 Å². The van der Waals surface area contributed by atoms with Crippen molar-refractivity contribution in [2.24, 2.45) is 0 Å². The number of ether oxygens (including phenoxy) is 1. The second kappa shape index (κ2) is 4.87. The Morgan fingerprint density at radius 2 is 2.06 bits per heavy atom. The van der Waals surface area contributed by atoms with E-state index in [-0.39, 0.29) is 0 Å². The predicted molar refractivity (Wildman–Crippen MR) is 64.3 cm³/mol. The molecule has 0 bridgehead atoms. The lowest BCUT2D eigenvalue weighted by Gasteiger charge is -2.08. The number of hydrogen-bond donors (Lipinski definition) is 0. The van der Waals surface area contributed by atoms with Crippen LogP contribution in [0.25, 0.3) is 0 Å². The third kappa shape index (κ3) is 2.75. The smallest absolute Gasteiger partial charge is 0.185 e. The number of carbonyl (C=O) groups is 1. The first kappa shape index (κ1) is 11.5. The third-order valence-corrected chi connectivity index (χ3v) is 2.50. The Hall–Kier alpha value is -2.03. The number of furan rings is 1. The highest BCUT2D eigenvalue weighted by Crippen LogP contribution is 2.20. The van der Waals surface area contributed by atoms with E-state index in [0.29, 0.717) is 24.4 Å². The molecule has 1 aromatic heterocycles. The fraction of sp³-hybridized carbons (Fsp3) is 0.214. The molecule has 1 heterocycles. The van der Waals surface area contributed by atoms with Gasteiger partial charge in [-0.3, -0.25) is 4.79 Å². The molecule has 0 aliphatic heterocycles. The van der Waals surface area contributed by atoms with Gasteiger partial charge in [0.25, 0.3) is 0 Å². The topological polar surface area (TPSA) is 39.4 Å². The first-order valence-corrected chi connectivity index (χ1v) is 5.43. The van der Waals surface area contributed by atoms with Crippen LogP contribution < -0.4 is 4.74 Å². The zero-order chi connectivity index (χ0) is 12.3. The van der Waals surface area contributed by atoms with Gasteiger partial charge in [0.2, 0.25) is 0 Å². The van der Waals surface area contributed by atoms with E-state index in [4.69, 9.17) is 9.15 Å². The SMILES string of the molecule is Cc1ccc(OCc2ccc(C=O)o2)c(C)c1. The molecule has 88 valence electrons. The van der Waals surface area contributed by atoms with Crippen LogP contribution >= 0.6 is 0 Å². The highest BCUT2D eigenvalue weighted by atomic mass is 16.5. The molecule has 0 unspecified atom stereocenters. The van der Waals surface area contributed by atoms with Crippen LogP contribution in [0.15, 0.2) is 34.7 Å². The Balaban J connectivity index is 2.04. The van der Waals surface area contributed by atoms with Crippen molar-refractivity contribution < 1.29 is 13.9 Å². The first-order valence-electron chi connectivity index (χ1n) is 5.43. The Kier molecular flexibility index (Phi) is 3.28. The third-order valence-electron chi connectivity index (χ3n) is 2.50. The lowest BCUT2D eigenvalue weighted by atomic mass is 10.1. The van der Waals surface area contributed by atoms with Crippen molar-refractivity contribution >= 4 is 6.29 Å². The molecule has 0 saturated heterocycles. The fourth-order valence-corrected chi connectivity index (χ4v) is 1.65. The number of aryl methyl sites for hydroxylation is 2. The van der Waals surface area contributed by atoms with E-state index in [1.54, 1.807) is 12.1 Å². The summed E-state index contributed by atoms with van der Waals surface area (Å²) < 4.78 is 10.9. The summed E-state index contributed by atoms with van der Waals surface area (Å²) in [6.45, 7) is 4.37. The van der Waals surface area contributed by atoms with Gasteiger partial charge in [0.15, 0.2) is 12.0 Å². The van der Waals surface area contributed by atoms with Crippen molar-refractivity contribution in [2.75, 3.05) is 0 Å². The second-order valence-electron chi connectivity index (χ2n) is 3.98. The van der Waals surface area contributed by atoms with Crippen LogP contribution in [0.3, 0.4) is 0 Å². The summed E-state index contributed by atoms with van der Waals surface area (Å²) in [5.74, 6) is 1.80. The number of benzene rings is 1. The Bertz CT molecular complexity index is 526. The van der Waals surface area contributed by atoms with Crippen LogP contribution in [0.2, 0.25) is 0 Å². The van der Waals surface area contributed by atoms with Gasteiger partial charge in [0, 0.05) is 0 Å². The van der Waals surface area contributed by atoms with Crippen LogP contribution in [0, 0.1) is 13.8 Å². The van der Waals surface area contributed by atoms with E-state index in [1.165, 1.54) is 5.56 Å². The van der Waals surface area contributed by atoms with Crippen LogP contribution in [0.1, 0.15) is 27.4 Å². The zero-order valence-corrected chi connectivity index (χ0v) is 9.90. The summed E-state index contributed by atoms with van der Waals surface area (Å²) in [5.41, 5.74) is 2.29. The minimum absolute atomic E-state index is 0.323. The van der Waals surface area contributed by atoms with Gasteiger partial charge in [-0.15, -0.1) is 0 Å². The van der Waals surface area contributed by atoms with E-state index < -0.39 is 0 Å². The molecule has 0 saturated carbocycles. The molecule has 0 atom stereocenters. The van der Waals surface area contributed by atoms with E-state index in [9.17, 15) is 4.79 Å². The molecule has 1 aromatic carbocycles. The maximum Gasteiger partial charge on any atom is 0.185 e. The molecule has 0 amide bonds. The number of rotatable bonds is 4. The van der Waals surface area contributed by atoms with Gasteiger partial charge in [-0.2, -0.15) is 0 Å². The van der Waals surface area contributed by atoms with Gasteiger partial charge >= 0.3 is 0 Å². The molecule has 17 heavy (non-hydrogen) atoms. The number of carbonyl (C=O) groups excluding carboxylic acids is 1. The molecule has 2 aromatic rings. The van der Waals surface area contributed by atoms with E-state index in [2.05, 4.69) is 6.07 Å². The number of hydrogen-bond acceptors (Lipinski definition) is 3. The molecule has 3 heteroatoms. The molecule has 0 radical (unpaired) electrons. The fourth-order valence-electron chi connectivity index (χ4n) is 1.65. The monoisotopic (exact) mass is 230 g/mol. The minimum Gasteiger partial charge on any atom is -0.485 e. The summed E-state index contributed by atoms with van der Waals surface area (Å²) in [6.07, 6.45) is 0.681.